The highest BCUT2D eigenvalue weighted by atomic mass is 16.2. The largest absolute Gasteiger partial charge is 0.272 e. The Morgan fingerprint density at radius 2 is 2.11 bits per heavy atom. The van der Waals surface area contributed by atoms with Crippen LogP contribution in [0.1, 0.15) is 43.8 Å². The molecule has 0 aliphatic carbocycles. The first kappa shape index (κ1) is 13.5. The van der Waals surface area contributed by atoms with E-state index in [-0.39, 0.29) is 5.91 Å². The molecular formula is C15H19N3O. The molecule has 1 heterocycles. The summed E-state index contributed by atoms with van der Waals surface area (Å²) in [6.07, 6.45) is 9.07. The zero-order chi connectivity index (χ0) is 13.5. The Morgan fingerprint density at radius 3 is 2.95 bits per heavy atom. The average molecular weight is 257 g/mol. The van der Waals surface area contributed by atoms with Crippen LogP contribution in [0.4, 0.5) is 0 Å². The number of unbranched alkanes of at least 4 members (excludes halogenated alkanes) is 3. The molecule has 4 nitrogen and oxygen atoms in total. The molecule has 0 N–H and O–H groups in total. The van der Waals surface area contributed by atoms with Crippen molar-refractivity contribution in [1.29, 1.82) is 0 Å². The van der Waals surface area contributed by atoms with E-state index < -0.39 is 0 Å². The zero-order valence-electron chi connectivity index (χ0n) is 11.2. The van der Waals surface area contributed by atoms with Crippen LogP contribution in [-0.2, 0) is 0 Å². The maximum atomic E-state index is 12.0. The van der Waals surface area contributed by atoms with Crippen molar-refractivity contribution < 1.29 is 4.79 Å². The molecule has 0 radical (unpaired) electrons. The minimum absolute atomic E-state index is 0.0413. The predicted molar refractivity (Wildman–Crippen MR) is 76.1 cm³/mol. The average Bonchev–Trinajstić information content (AvgIpc) is 2.86. The summed E-state index contributed by atoms with van der Waals surface area (Å²) in [6.45, 7) is 2.18. The standard InChI is InChI=1S/C15H19N3O/c1-2-3-4-5-6-7-12-15(19)18-14-11-9-8-10-13(14)16-17-18/h6-11H,2-5,12H2,1H3/b7-6+. The van der Waals surface area contributed by atoms with Crippen molar-refractivity contribution in [2.45, 2.75) is 39.0 Å². The smallest absolute Gasteiger partial charge is 0.252 e. The van der Waals surface area contributed by atoms with Gasteiger partial charge in [0.05, 0.1) is 5.52 Å². The maximum absolute atomic E-state index is 12.0. The van der Waals surface area contributed by atoms with Crippen molar-refractivity contribution in [2.24, 2.45) is 0 Å². The van der Waals surface area contributed by atoms with Gasteiger partial charge in [0, 0.05) is 6.42 Å². The highest BCUT2D eigenvalue weighted by molar-refractivity contribution is 5.89. The van der Waals surface area contributed by atoms with Gasteiger partial charge in [-0.1, -0.05) is 49.3 Å². The number of fused-ring (bicyclic) bond motifs is 1. The lowest BCUT2D eigenvalue weighted by Crippen LogP contribution is -2.10. The SMILES string of the molecule is CCCCC/C=C/CC(=O)n1nnc2ccccc21. The van der Waals surface area contributed by atoms with Gasteiger partial charge in [0.15, 0.2) is 0 Å². The molecule has 100 valence electrons. The number of hydrogen-bond donors (Lipinski definition) is 0. The van der Waals surface area contributed by atoms with Crippen molar-refractivity contribution in [3.8, 4) is 0 Å². The van der Waals surface area contributed by atoms with Gasteiger partial charge in [-0.25, -0.2) is 0 Å². The lowest BCUT2D eigenvalue weighted by Gasteiger charge is -1.97. The summed E-state index contributed by atoms with van der Waals surface area (Å²) in [7, 11) is 0. The fourth-order valence-electron chi connectivity index (χ4n) is 1.95. The van der Waals surface area contributed by atoms with Crippen molar-refractivity contribution in [3.05, 3.63) is 36.4 Å². The van der Waals surface area contributed by atoms with E-state index in [0.717, 1.165) is 17.5 Å². The molecule has 0 aliphatic rings. The molecule has 0 amide bonds. The highest BCUT2D eigenvalue weighted by Gasteiger charge is 2.09. The van der Waals surface area contributed by atoms with Gasteiger partial charge in [-0.2, -0.15) is 4.68 Å². The van der Waals surface area contributed by atoms with Gasteiger partial charge in [0.1, 0.15) is 5.52 Å². The van der Waals surface area contributed by atoms with Crippen LogP contribution >= 0.6 is 0 Å². The first-order valence-corrected chi connectivity index (χ1v) is 6.81. The summed E-state index contributed by atoms with van der Waals surface area (Å²) in [5.41, 5.74) is 1.52. The third-order valence-electron chi connectivity index (χ3n) is 3.02. The van der Waals surface area contributed by atoms with E-state index >= 15 is 0 Å². The number of nitrogens with zero attached hydrogens (tertiary/aromatic N) is 3. The molecule has 4 heteroatoms. The minimum Gasteiger partial charge on any atom is -0.272 e. The molecule has 2 rings (SSSR count). The van der Waals surface area contributed by atoms with Crippen molar-refractivity contribution in [1.82, 2.24) is 15.0 Å². The van der Waals surface area contributed by atoms with Gasteiger partial charge in [0.2, 0.25) is 0 Å². The first-order valence-electron chi connectivity index (χ1n) is 6.81. The number of carbonyl (C=O) groups is 1. The van der Waals surface area contributed by atoms with Crippen LogP contribution in [0.5, 0.6) is 0 Å². The van der Waals surface area contributed by atoms with Crippen LogP contribution in [0, 0.1) is 0 Å². The van der Waals surface area contributed by atoms with Gasteiger partial charge in [-0.15, -0.1) is 5.10 Å². The van der Waals surface area contributed by atoms with E-state index in [1.165, 1.54) is 23.9 Å². The summed E-state index contributed by atoms with van der Waals surface area (Å²) in [5, 5.41) is 7.88. The van der Waals surface area contributed by atoms with Gasteiger partial charge in [0.25, 0.3) is 5.91 Å². The Morgan fingerprint density at radius 1 is 1.26 bits per heavy atom. The molecule has 0 unspecified atom stereocenters. The van der Waals surface area contributed by atoms with Gasteiger partial charge in [-0.05, 0) is 25.0 Å². The number of para-hydroxylation sites is 1. The number of hydrogen-bond acceptors (Lipinski definition) is 3. The number of benzene rings is 1. The monoisotopic (exact) mass is 257 g/mol. The summed E-state index contributed by atoms with van der Waals surface area (Å²) < 4.78 is 1.38. The molecule has 1 aromatic carbocycles. The van der Waals surface area contributed by atoms with Crippen LogP contribution in [-0.4, -0.2) is 20.9 Å². The Balaban J connectivity index is 1.93. The van der Waals surface area contributed by atoms with Crippen LogP contribution in [0.25, 0.3) is 11.0 Å². The normalized spacial score (nSPS) is 11.4. The molecule has 19 heavy (non-hydrogen) atoms. The third-order valence-corrected chi connectivity index (χ3v) is 3.02. The predicted octanol–water partition coefficient (Wildman–Crippen LogP) is 3.60. The summed E-state index contributed by atoms with van der Waals surface area (Å²) in [6, 6.07) is 7.49. The van der Waals surface area contributed by atoms with E-state index in [2.05, 4.69) is 23.3 Å². The van der Waals surface area contributed by atoms with Crippen molar-refractivity contribution in [3.63, 3.8) is 0 Å². The highest BCUT2D eigenvalue weighted by Crippen LogP contribution is 2.10. The Labute approximate surface area is 113 Å². The van der Waals surface area contributed by atoms with Gasteiger partial charge >= 0.3 is 0 Å². The Hall–Kier alpha value is -1.97. The third kappa shape index (κ3) is 3.50. The second kappa shape index (κ2) is 6.83. The second-order valence-electron chi connectivity index (χ2n) is 4.56. The lowest BCUT2D eigenvalue weighted by molar-refractivity contribution is 0.0905. The topological polar surface area (TPSA) is 47.8 Å². The van der Waals surface area contributed by atoms with Crippen LogP contribution < -0.4 is 0 Å². The van der Waals surface area contributed by atoms with Gasteiger partial charge < -0.3 is 0 Å². The quantitative estimate of drug-likeness (QED) is 0.587. The van der Waals surface area contributed by atoms with E-state index in [4.69, 9.17) is 0 Å². The van der Waals surface area contributed by atoms with E-state index in [1.54, 1.807) is 0 Å². The first-order chi connectivity index (χ1) is 9.33. The molecule has 0 aliphatic heterocycles. The number of carbonyl (C=O) groups excluding carboxylic acids is 1. The fourth-order valence-corrected chi connectivity index (χ4v) is 1.95. The molecule has 1 aromatic heterocycles. The van der Waals surface area contributed by atoms with Crippen molar-refractivity contribution >= 4 is 16.9 Å². The van der Waals surface area contributed by atoms with Gasteiger partial charge in [-0.3, -0.25) is 4.79 Å². The minimum atomic E-state index is -0.0413. The molecular weight excluding hydrogens is 238 g/mol. The molecule has 2 aromatic rings. The molecule has 0 saturated carbocycles. The molecule has 0 saturated heterocycles. The molecule has 0 fully saturated rings. The van der Waals surface area contributed by atoms with Crippen LogP contribution in [0.15, 0.2) is 36.4 Å². The fraction of sp³-hybridized carbons (Fsp3) is 0.400. The second-order valence-corrected chi connectivity index (χ2v) is 4.56. The summed E-state index contributed by atoms with van der Waals surface area (Å²) in [4.78, 5) is 12.0. The molecule has 0 atom stereocenters. The number of allylic oxidation sites excluding steroid dienone is 2. The molecule has 0 spiro atoms. The zero-order valence-corrected chi connectivity index (χ0v) is 11.2. The van der Waals surface area contributed by atoms with Crippen molar-refractivity contribution in [2.75, 3.05) is 0 Å². The molecule has 0 bridgehead atoms. The number of rotatable bonds is 6. The van der Waals surface area contributed by atoms with E-state index in [0.29, 0.717) is 6.42 Å². The number of aromatic nitrogens is 3. The lowest BCUT2D eigenvalue weighted by atomic mass is 10.2. The van der Waals surface area contributed by atoms with E-state index in [9.17, 15) is 4.79 Å². The Kier molecular flexibility index (Phi) is 4.84. The van der Waals surface area contributed by atoms with Crippen LogP contribution in [0.3, 0.4) is 0 Å². The summed E-state index contributed by atoms with van der Waals surface area (Å²) >= 11 is 0. The maximum Gasteiger partial charge on any atom is 0.252 e. The van der Waals surface area contributed by atoms with Crippen LogP contribution in [0.2, 0.25) is 0 Å². The van der Waals surface area contributed by atoms with E-state index in [1.807, 2.05) is 30.3 Å². The summed E-state index contributed by atoms with van der Waals surface area (Å²) in [5.74, 6) is -0.0413. The Bertz CT molecular complexity index is 572.